The standard InChI is InChI=1S/C21H22N2O3S/c1-13-6-5-7-16(10-13)22-19(24)12-20-23-21(14(2)27-20)15-8-9-17(25-3)18(11-15)26-4/h5-11H,12H2,1-4H3,(H,22,24). The van der Waals surface area contributed by atoms with Gasteiger partial charge in [0.1, 0.15) is 5.01 Å². The summed E-state index contributed by atoms with van der Waals surface area (Å²) in [6.45, 7) is 4.00. The molecule has 6 heteroatoms. The van der Waals surface area contributed by atoms with Crippen molar-refractivity contribution in [2.75, 3.05) is 19.5 Å². The maximum absolute atomic E-state index is 12.4. The van der Waals surface area contributed by atoms with Crippen LogP contribution in [-0.2, 0) is 11.2 Å². The Balaban J connectivity index is 1.77. The van der Waals surface area contributed by atoms with Crippen molar-refractivity contribution < 1.29 is 14.3 Å². The predicted molar refractivity (Wildman–Crippen MR) is 109 cm³/mol. The number of carbonyl (C=O) groups is 1. The summed E-state index contributed by atoms with van der Waals surface area (Å²) >= 11 is 1.53. The van der Waals surface area contributed by atoms with E-state index in [4.69, 9.17) is 9.47 Å². The lowest BCUT2D eigenvalue weighted by molar-refractivity contribution is -0.115. The number of aryl methyl sites for hydroxylation is 2. The topological polar surface area (TPSA) is 60.5 Å². The largest absolute Gasteiger partial charge is 0.493 e. The van der Waals surface area contributed by atoms with Crippen molar-refractivity contribution in [2.24, 2.45) is 0 Å². The van der Waals surface area contributed by atoms with Gasteiger partial charge in [-0.1, -0.05) is 12.1 Å². The lowest BCUT2D eigenvalue weighted by atomic mass is 10.1. The van der Waals surface area contributed by atoms with Crippen molar-refractivity contribution in [2.45, 2.75) is 20.3 Å². The molecule has 0 unspecified atom stereocenters. The minimum absolute atomic E-state index is 0.0757. The highest BCUT2D eigenvalue weighted by Gasteiger charge is 2.15. The molecule has 3 aromatic rings. The van der Waals surface area contributed by atoms with Gasteiger partial charge in [-0.15, -0.1) is 11.3 Å². The second-order valence-corrected chi connectivity index (χ2v) is 7.46. The van der Waals surface area contributed by atoms with Crippen LogP contribution in [0.2, 0.25) is 0 Å². The Morgan fingerprint density at radius 2 is 1.85 bits per heavy atom. The third-order valence-electron chi connectivity index (χ3n) is 4.11. The zero-order valence-electron chi connectivity index (χ0n) is 15.8. The molecule has 0 bridgehead atoms. The summed E-state index contributed by atoms with van der Waals surface area (Å²) in [6, 6.07) is 13.4. The normalized spacial score (nSPS) is 10.5. The lowest BCUT2D eigenvalue weighted by Crippen LogP contribution is -2.14. The lowest BCUT2D eigenvalue weighted by Gasteiger charge is -2.08. The van der Waals surface area contributed by atoms with Gasteiger partial charge in [0.15, 0.2) is 11.5 Å². The van der Waals surface area contributed by atoms with Crippen LogP contribution in [0.1, 0.15) is 15.4 Å². The van der Waals surface area contributed by atoms with Gasteiger partial charge in [-0.3, -0.25) is 4.79 Å². The fourth-order valence-corrected chi connectivity index (χ4v) is 3.80. The summed E-state index contributed by atoms with van der Waals surface area (Å²) in [4.78, 5) is 18.1. The first kappa shape index (κ1) is 18.9. The number of anilines is 1. The molecule has 0 aliphatic rings. The molecule has 0 aliphatic carbocycles. The molecular formula is C21H22N2O3S. The van der Waals surface area contributed by atoms with Gasteiger partial charge < -0.3 is 14.8 Å². The Kier molecular flexibility index (Phi) is 5.76. The molecule has 1 amide bonds. The van der Waals surface area contributed by atoms with Gasteiger partial charge >= 0.3 is 0 Å². The van der Waals surface area contributed by atoms with Crippen LogP contribution < -0.4 is 14.8 Å². The molecule has 5 nitrogen and oxygen atoms in total. The van der Waals surface area contributed by atoms with E-state index >= 15 is 0 Å². The van der Waals surface area contributed by atoms with Crippen LogP contribution in [0.25, 0.3) is 11.3 Å². The van der Waals surface area contributed by atoms with Gasteiger partial charge in [0.2, 0.25) is 5.91 Å². The van der Waals surface area contributed by atoms with E-state index in [0.717, 1.165) is 32.4 Å². The number of methoxy groups -OCH3 is 2. The maximum Gasteiger partial charge on any atom is 0.231 e. The van der Waals surface area contributed by atoms with Crippen LogP contribution in [0.4, 0.5) is 5.69 Å². The molecule has 27 heavy (non-hydrogen) atoms. The molecule has 0 saturated heterocycles. The van der Waals surface area contributed by atoms with E-state index in [9.17, 15) is 4.79 Å². The molecule has 0 saturated carbocycles. The average molecular weight is 382 g/mol. The number of aromatic nitrogens is 1. The van der Waals surface area contributed by atoms with E-state index in [0.29, 0.717) is 11.5 Å². The Hall–Kier alpha value is -2.86. The van der Waals surface area contributed by atoms with Crippen molar-refractivity contribution in [3.63, 3.8) is 0 Å². The summed E-state index contributed by atoms with van der Waals surface area (Å²) < 4.78 is 10.7. The van der Waals surface area contributed by atoms with Gasteiger partial charge in [-0.2, -0.15) is 0 Å². The van der Waals surface area contributed by atoms with E-state index in [1.165, 1.54) is 11.3 Å². The Labute approximate surface area is 163 Å². The van der Waals surface area contributed by atoms with Crippen molar-refractivity contribution in [3.05, 3.63) is 57.9 Å². The van der Waals surface area contributed by atoms with E-state index in [1.807, 2.05) is 56.3 Å². The number of benzene rings is 2. The fraction of sp³-hybridized carbons (Fsp3) is 0.238. The van der Waals surface area contributed by atoms with Crippen molar-refractivity contribution in [1.82, 2.24) is 4.98 Å². The monoisotopic (exact) mass is 382 g/mol. The van der Waals surface area contributed by atoms with E-state index < -0.39 is 0 Å². The molecule has 3 rings (SSSR count). The third kappa shape index (κ3) is 4.46. The number of ether oxygens (including phenoxy) is 2. The van der Waals surface area contributed by atoms with E-state index in [1.54, 1.807) is 14.2 Å². The number of nitrogens with one attached hydrogen (secondary N) is 1. The second kappa shape index (κ2) is 8.22. The molecule has 1 N–H and O–H groups in total. The highest BCUT2D eigenvalue weighted by Crippen LogP contribution is 2.34. The molecule has 0 fully saturated rings. The summed E-state index contributed by atoms with van der Waals surface area (Å²) in [5.74, 6) is 1.25. The van der Waals surface area contributed by atoms with E-state index in [2.05, 4.69) is 10.3 Å². The predicted octanol–water partition coefficient (Wildman–Crippen LogP) is 4.63. The molecule has 0 spiro atoms. The van der Waals surface area contributed by atoms with Crippen LogP contribution >= 0.6 is 11.3 Å². The average Bonchev–Trinajstić information content (AvgIpc) is 3.01. The smallest absolute Gasteiger partial charge is 0.231 e. The maximum atomic E-state index is 12.4. The van der Waals surface area contributed by atoms with Gasteiger partial charge in [-0.05, 0) is 49.7 Å². The van der Waals surface area contributed by atoms with Crippen LogP contribution in [-0.4, -0.2) is 25.1 Å². The number of hydrogen-bond acceptors (Lipinski definition) is 5. The van der Waals surface area contributed by atoms with Crippen LogP contribution in [0.3, 0.4) is 0 Å². The summed E-state index contributed by atoms with van der Waals surface area (Å²) in [6.07, 6.45) is 0.243. The molecule has 0 atom stereocenters. The molecule has 0 radical (unpaired) electrons. The third-order valence-corrected chi connectivity index (χ3v) is 5.08. The van der Waals surface area contributed by atoms with E-state index in [-0.39, 0.29) is 12.3 Å². The minimum Gasteiger partial charge on any atom is -0.493 e. The van der Waals surface area contributed by atoms with Crippen molar-refractivity contribution >= 4 is 22.9 Å². The minimum atomic E-state index is -0.0757. The molecular weight excluding hydrogens is 360 g/mol. The Morgan fingerprint density at radius 3 is 2.56 bits per heavy atom. The van der Waals surface area contributed by atoms with Gasteiger partial charge in [0.05, 0.1) is 26.3 Å². The molecule has 140 valence electrons. The molecule has 1 aromatic heterocycles. The highest BCUT2D eigenvalue weighted by molar-refractivity contribution is 7.12. The summed E-state index contributed by atoms with van der Waals surface area (Å²) in [7, 11) is 3.22. The number of rotatable bonds is 6. The van der Waals surface area contributed by atoms with Crippen LogP contribution in [0.5, 0.6) is 11.5 Å². The van der Waals surface area contributed by atoms with Crippen molar-refractivity contribution in [3.8, 4) is 22.8 Å². The zero-order chi connectivity index (χ0) is 19.4. The van der Waals surface area contributed by atoms with Crippen LogP contribution in [0.15, 0.2) is 42.5 Å². The molecule has 1 heterocycles. The summed E-state index contributed by atoms with van der Waals surface area (Å²) in [5.41, 5.74) is 3.70. The first-order valence-electron chi connectivity index (χ1n) is 8.55. The molecule has 0 aliphatic heterocycles. The number of nitrogens with zero attached hydrogens (tertiary/aromatic N) is 1. The number of hydrogen-bond donors (Lipinski definition) is 1. The number of thiazole rings is 1. The molecule has 2 aromatic carbocycles. The van der Waals surface area contributed by atoms with Gasteiger partial charge in [0, 0.05) is 16.1 Å². The second-order valence-electron chi connectivity index (χ2n) is 6.18. The quantitative estimate of drug-likeness (QED) is 0.675. The first-order valence-corrected chi connectivity index (χ1v) is 9.37. The Bertz CT molecular complexity index is 966. The summed E-state index contributed by atoms with van der Waals surface area (Å²) in [5, 5.41) is 3.70. The van der Waals surface area contributed by atoms with Crippen molar-refractivity contribution in [1.29, 1.82) is 0 Å². The fourth-order valence-electron chi connectivity index (χ4n) is 2.84. The SMILES string of the molecule is COc1ccc(-c2nc(CC(=O)Nc3cccc(C)c3)sc2C)cc1OC. The van der Waals surface area contributed by atoms with Gasteiger partial charge in [-0.25, -0.2) is 4.98 Å². The van der Waals surface area contributed by atoms with Gasteiger partial charge in [0.25, 0.3) is 0 Å². The Morgan fingerprint density at radius 1 is 1.07 bits per heavy atom. The highest BCUT2D eigenvalue weighted by atomic mass is 32.1. The first-order chi connectivity index (χ1) is 13.0. The van der Waals surface area contributed by atoms with Crippen LogP contribution in [0, 0.1) is 13.8 Å². The number of carbonyl (C=O) groups excluding carboxylic acids is 1. The zero-order valence-corrected chi connectivity index (χ0v) is 16.6. The number of amides is 1.